The van der Waals surface area contributed by atoms with Crippen LogP contribution < -0.4 is 0 Å². The predicted molar refractivity (Wildman–Crippen MR) is 72.9 cm³/mol. The highest BCUT2D eigenvalue weighted by atomic mass is 79.9. The Kier molecular flexibility index (Phi) is 4.46. The summed E-state index contributed by atoms with van der Waals surface area (Å²) in [5, 5.41) is 0. The normalized spacial score (nSPS) is 11.1. The van der Waals surface area contributed by atoms with Crippen molar-refractivity contribution in [2.24, 2.45) is 0 Å². The molecular formula is C13H17BrN2O. The van der Waals surface area contributed by atoms with E-state index in [-0.39, 0.29) is 11.4 Å². The van der Waals surface area contributed by atoms with Crippen molar-refractivity contribution >= 4 is 21.8 Å². The molecule has 1 aromatic heterocycles. The molecule has 1 aromatic rings. The van der Waals surface area contributed by atoms with Crippen LogP contribution in [0.3, 0.4) is 0 Å². The Labute approximate surface area is 111 Å². The number of carbonyl (C=O) groups is 1. The SMILES string of the molecule is C=CCN(C(=O)c1cccc(Br)n1)C(C)(C)C. The van der Waals surface area contributed by atoms with E-state index in [4.69, 9.17) is 0 Å². The molecule has 0 unspecified atom stereocenters. The minimum Gasteiger partial charge on any atom is -0.329 e. The zero-order chi connectivity index (χ0) is 13.1. The molecule has 0 aromatic carbocycles. The van der Waals surface area contributed by atoms with Crippen molar-refractivity contribution in [2.75, 3.05) is 6.54 Å². The van der Waals surface area contributed by atoms with Crippen LogP contribution in [0.1, 0.15) is 31.3 Å². The fourth-order valence-corrected chi connectivity index (χ4v) is 1.80. The number of pyridine rings is 1. The first-order chi connectivity index (χ1) is 7.86. The van der Waals surface area contributed by atoms with Gasteiger partial charge < -0.3 is 4.90 Å². The van der Waals surface area contributed by atoms with Crippen LogP contribution in [0.5, 0.6) is 0 Å². The second-order valence-corrected chi connectivity index (χ2v) is 5.53. The molecule has 1 rings (SSSR count). The van der Waals surface area contributed by atoms with Crippen LogP contribution in [-0.4, -0.2) is 27.9 Å². The van der Waals surface area contributed by atoms with E-state index in [1.54, 1.807) is 29.2 Å². The number of carbonyl (C=O) groups excluding carboxylic acids is 1. The Hall–Kier alpha value is -1.16. The quantitative estimate of drug-likeness (QED) is 0.633. The maximum atomic E-state index is 12.3. The molecule has 0 spiro atoms. The van der Waals surface area contributed by atoms with Crippen LogP contribution in [-0.2, 0) is 0 Å². The van der Waals surface area contributed by atoms with Crippen LogP contribution in [0.2, 0.25) is 0 Å². The lowest BCUT2D eigenvalue weighted by Crippen LogP contribution is -2.45. The highest BCUT2D eigenvalue weighted by Crippen LogP contribution is 2.17. The number of hydrogen-bond donors (Lipinski definition) is 0. The van der Waals surface area contributed by atoms with E-state index in [1.807, 2.05) is 20.8 Å². The van der Waals surface area contributed by atoms with Crippen molar-refractivity contribution in [2.45, 2.75) is 26.3 Å². The number of rotatable bonds is 3. The van der Waals surface area contributed by atoms with Crippen LogP contribution >= 0.6 is 15.9 Å². The van der Waals surface area contributed by atoms with E-state index in [0.29, 0.717) is 16.8 Å². The van der Waals surface area contributed by atoms with E-state index in [0.717, 1.165) is 0 Å². The molecule has 0 aliphatic rings. The van der Waals surface area contributed by atoms with Crippen molar-refractivity contribution in [3.8, 4) is 0 Å². The molecule has 0 saturated carbocycles. The Balaban J connectivity index is 3.04. The van der Waals surface area contributed by atoms with Gasteiger partial charge in [0.1, 0.15) is 10.3 Å². The van der Waals surface area contributed by atoms with Gasteiger partial charge in [-0.3, -0.25) is 4.79 Å². The van der Waals surface area contributed by atoms with Gasteiger partial charge in [0.05, 0.1) is 0 Å². The first kappa shape index (κ1) is 13.9. The third-order valence-corrected chi connectivity index (χ3v) is 2.74. The summed E-state index contributed by atoms with van der Waals surface area (Å²) < 4.78 is 0.663. The molecule has 17 heavy (non-hydrogen) atoms. The van der Waals surface area contributed by atoms with Crippen LogP contribution in [0.15, 0.2) is 35.5 Å². The van der Waals surface area contributed by atoms with Crippen molar-refractivity contribution in [1.82, 2.24) is 9.88 Å². The maximum Gasteiger partial charge on any atom is 0.273 e. The van der Waals surface area contributed by atoms with Gasteiger partial charge in [0, 0.05) is 12.1 Å². The number of halogens is 1. The van der Waals surface area contributed by atoms with E-state index in [9.17, 15) is 4.79 Å². The molecule has 0 atom stereocenters. The highest BCUT2D eigenvalue weighted by molar-refractivity contribution is 9.10. The lowest BCUT2D eigenvalue weighted by atomic mass is 10.1. The first-order valence-corrected chi connectivity index (χ1v) is 6.21. The molecule has 0 N–H and O–H groups in total. The van der Waals surface area contributed by atoms with E-state index < -0.39 is 0 Å². The lowest BCUT2D eigenvalue weighted by Gasteiger charge is -2.34. The molecule has 0 aliphatic carbocycles. The molecular weight excluding hydrogens is 280 g/mol. The minimum atomic E-state index is -0.255. The maximum absolute atomic E-state index is 12.3. The van der Waals surface area contributed by atoms with Gasteiger partial charge >= 0.3 is 0 Å². The summed E-state index contributed by atoms with van der Waals surface area (Å²) in [6, 6.07) is 5.32. The van der Waals surface area contributed by atoms with Gasteiger partial charge in [-0.15, -0.1) is 6.58 Å². The van der Waals surface area contributed by atoms with Gasteiger partial charge in [-0.1, -0.05) is 12.1 Å². The molecule has 0 fully saturated rings. The van der Waals surface area contributed by atoms with Crippen molar-refractivity contribution in [3.05, 3.63) is 41.2 Å². The monoisotopic (exact) mass is 296 g/mol. The summed E-state index contributed by atoms with van der Waals surface area (Å²) in [5.74, 6) is -0.0845. The first-order valence-electron chi connectivity index (χ1n) is 5.41. The van der Waals surface area contributed by atoms with Crippen molar-refractivity contribution < 1.29 is 4.79 Å². The number of aromatic nitrogens is 1. The second kappa shape index (κ2) is 5.45. The fourth-order valence-electron chi connectivity index (χ4n) is 1.46. The van der Waals surface area contributed by atoms with Gasteiger partial charge in [0.2, 0.25) is 0 Å². The van der Waals surface area contributed by atoms with Crippen LogP contribution in [0.25, 0.3) is 0 Å². The fraction of sp³-hybridized carbons (Fsp3) is 0.385. The van der Waals surface area contributed by atoms with Gasteiger partial charge in [0.15, 0.2) is 0 Å². The average Bonchev–Trinajstić information content (AvgIpc) is 2.23. The smallest absolute Gasteiger partial charge is 0.273 e. The molecule has 92 valence electrons. The predicted octanol–water partition coefficient (Wildman–Crippen LogP) is 3.27. The summed E-state index contributed by atoms with van der Waals surface area (Å²) >= 11 is 3.27. The molecule has 3 nitrogen and oxygen atoms in total. The van der Waals surface area contributed by atoms with Crippen molar-refractivity contribution in [1.29, 1.82) is 0 Å². The van der Waals surface area contributed by atoms with E-state index in [1.165, 1.54) is 0 Å². The standard InChI is InChI=1S/C13H17BrN2O/c1-5-9-16(13(2,3)4)12(17)10-7-6-8-11(14)15-10/h5-8H,1,9H2,2-4H3. The second-order valence-electron chi connectivity index (χ2n) is 4.72. The Morgan fingerprint density at radius 1 is 1.53 bits per heavy atom. The molecule has 0 aliphatic heterocycles. The largest absolute Gasteiger partial charge is 0.329 e. The van der Waals surface area contributed by atoms with Crippen LogP contribution in [0, 0.1) is 0 Å². The topological polar surface area (TPSA) is 33.2 Å². The summed E-state index contributed by atoms with van der Waals surface area (Å²) in [6.07, 6.45) is 1.72. The van der Waals surface area contributed by atoms with Crippen LogP contribution in [0.4, 0.5) is 0 Å². The number of amides is 1. The number of hydrogen-bond acceptors (Lipinski definition) is 2. The average molecular weight is 297 g/mol. The molecule has 0 bridgehead atoms. The van der Waals surface area contributed by atoms with E-state index in [2.05, 4.69) is 27.5 Å². The molecule has 4 heteroatoms. The molecule has 1 heterocycles. The molecule has 1 amide bonds. The summed E-state index contributed by atoms with van der Waals surface area (Å²) in [4.78, 5) is 18.3. The Bertz CT molecular complexity index is 424. The van der Waals surface area contributed by atoms with Gasteiger partial charge in [-0.2, -0.15) is 0 Å². The van der Waals surface area contributed by atoms with E-state index >= 15 is 0 Å². The van der Waals surface area contributed by atoms with Gasteiger partial charge in [0.25, 0.3) is 5.91 Å². The van der Waals surface area contributed by atoms with Gasteiger partial charge in [-0.25, -0.2) is 4.98 Å². The Morgan fingerprint density at radius 3 is 2.65 bits per heavy atom. The van der Waals surface area contributed by atoms with Gasteiger partial charge in [-0.05, 0) is 48.8 Å². The highest BCUT2D eigenvalue weighted by Gasteiger charge is 2.26. The third kappa shape index (κ3) is 3.66. The summed E-state index contributed by atoms with van der Waals surface area (Å²) in [6.45, 7) is 10.2. The summed E-state index contributed by atoms with van der Waals surface area (Å²) in [5.41, 5.74) is 0.186. The molecule has 0 saturated heterocycles. The summed E-state index contributed by atoms with van der Waals surface area (Å²) in [7, 11) is 0. The lowest BCUT2D eigenvalue weighted by molar-refractivity contribution is 0.0610. The Morgan fingerprint density at radius 2 is 2.18 bits per heavy atom. The minimum absolute atomic E-state index is 0.0845. The number of nitrogens with zero attached hydrogens (tertiary/aromatic N) is 2. The zero-order valence-corrected chi connectivity index (χ0v) is 12.0. The third-order valence-electron chi connectivity index (χ3n) is 2.30. The molecule has 0 radical (unpaired) electrons. The zero-order valence-electron chi connectivity index (χ0n) is 10.4. The van der Waals surface area contributed by atoms with Crippen molar-refractivity contribution in [3.63, 3.8) is 0 Å².